The van der Waals surface area contributed by atoms with E-state index in [0.29, 0.717) is 5.41 Å². The fraction of sp³-hybridized carbons (Fsp3) is 0.778. The van der Waals surface area contributed by atoms with E-state index in [0.717, 1.165) is 25.9 Å². The molecule has 1 heterocycles. The topological polar surface area (TPSA) is 75.6 Å². The van der Waals surface area contributed by atoms with Crippen molar-refractivity contribution in [1.82, 2.24) is 5.32 Å². The van der Waals surface area contributed by atoms with Gasteiger partial charge < -0.3 is 15.2 Å². The molecule has 0 radical (unpaired) electrons. The molecule has 2 aliphatic rings. The minimum Gasteiger partial charge on any atom is -0.483 e. The zero-order valence-electron chi connectivity index (χ0n) is 8.16. The van der Waals surface area contributed by atoms with Gasteiger partial charge in [0.05, 0.1) is 13.0 Å². The molecule has 5 nitrogen and oxygen atoms in total. The number of hydrogen-bond acceptors (Lipinski definition) is 4. The maximum Gasteiger partial charge on any atom is 0.309 e. The summed E-state index contributed by atoms with van der Waals surface area (Å²) < 4.78 is 4.69. The molecule has 14 heavy (non-hydrogen) atoms. The van der Waals surface area contributed by atoms with Gasteiger partial charge in [0.2, 0.25) is 0 Å². The summed E-state index contributed by atoms with van der Waals surface area (Å²) in [5, 5.41) is 10.2. The van der Waals surface area contributed by atoms with Crippen molar-refractivity contribution in [2.75, 3.05) is 20.2 Å². The molecule has 5 heteroatoms. The van der Waals surface area contributed by atoms with E-state index in [1.54, 1.807) is 0 Å². The Morgan fingerprint density at radius 3 is 2.79 bits per heavy atom. The minimum absolute atomic E-state index is 0.0197. The molecule has 1 saturated carbocycles. The summed E-state index contributed by atoms with van der Waals surface area (Å²) in [6.45, 7) is 1.82. The Hall–Kier alpha value is -1.10. The number of hydrogen-bond donors (Lipinski definition) is 2. The molecule has 2 atom stereocenters. The molecule has 0 amide bonds. The molecular formula is C9H15NO4. The van der Waals surface area contributed by atoms with E-state index in [1.165, 1.54) is 7.11 Å². The SMILES string of the molecule is COC(=O)C1CC12CCNC2.O=CO. The highest BCUT2D eigenvalue weighted by molar-refractivity contribution is 5.77. The lowest BCUT2D eigenvalue weighted by Gasteiger charge is -2.04. The summed E-state index contributed by atoms with van der Waals surface area (Å²) in [4.78, 5) is 19.4. The third-order valence-corrected chi connectivity index (χ3v) is 2.95. The fourth-order valence-electron chi connectivity index (χ4n) is 2.06. The van der Waals surface area contributed by atoms with E-state index in [-0.39, 0.29) is 18.4 Å². The van der Waals surface area contributed by atoms with Gasteiger partial charge in [-0.1, -0.05) is 0 Å². The number of nitrogens with one attached hydrogen (secondary N) is 1. The van der Waals surface area contributed by atoms with Crippen LogP contribution in [-0.2, 0) is 14.3 Å². The molecular weight excluding hydrogens is 186 g/mol. The van der Waals surface area contributed by atoms with Gasteiger partial charge in [0.15, 0.2) is 0 Å². The van der Waals surface area contributed by atoms with Crippen LogP contribution < -0.4 is 5.32 Å². The van der Waals surface area contributed by atoms with Gasteiger partial charge in [0.1, 0.15) is 0 Å². The first-order valence-electron chi connectivity index (χ1n) is 4.56. The summed E-state index contributed by atoms with van der Waals surface area (Å²) in [6, 6.07) is 0. The predicted molar refractivity (Wildman–Crippen MR) is 48.7 cm³/mol. The lowest BCUT2D eigenvalue weighted by molar-refractivity contribution is -0.143. The van der Waals surface area contributed by atoms with Crippen LogP contribution in [0.25, 0.3) is 0 Å². The third kappa shape index (κ3) is 2.04. The maximum absolute atomic E-state index is 11.1. The van der Waals surface area contributed by atoms with E-state index in [4.69, 9.17) is 14.6 Å². The molecule has 2 rings (SSSR count). The Balaban J connectivity index is 0.000000293. The van der Waals surface area contributed by atoms with Crippen molar-refractivity contribution in [3.63, 3.8) is 0 Å². The van der Waals surface area contributed by atoms with Crippen LogP contribution in [0, 0.1) is 11.3 Å². The normalized spacial score (nSPS) is 33.1. The zero-order valence-corrected chi connectivity index (χ0v) is 8.16. The molecule has 1 spiro atoms. The molecule has 0 aromatic carbocycles. The Labute approximate surface area is 82.4 Å². The highest BCUT2D eigenvalue weighted by atomic mass is 16.5. The summed E-state index contributed by atoms with van der Waals surface area (Å²) in [7, 11) is 1.47. The standard InChI is InChI=1S/C8H13NO2.CH2O2/c1-11-7(10)6-4-8(6)2-3-9-5-8;2-1-3/h6,9H,2-5H2,1H3;1H,(H,2,3). The summed E-state index contributed by atoms with van der Waals surface area (Å²) in [5.74, 6) is 0.177. The van der Waals surface area contributed by atoms with Crippen LogP contribution in [-0.4, -0.2) is 37.7 Å². The highest BCUT2D eigenvalue weighted by Gasteiger charge is 2.59. The van der Waals surface area contributed by atoms with Crippen molar-refractivity contribution >= 4 is 12.4 Å². The van der Waals surface area contributed by atoms with E-state index in [2.05, 4.69) is 5.32 Å². The van der Waals surface area contributed by atoms with Crippen molar-refractivity contribution in [2.45, 2.75) is 12.8 Å². The second-order valence-electron chi connectivity index (χ2n) is 3.67. The molecule has 0 aromatic heterocycles. The van der Waals surface area contributed by atoms with E-state index in [9.17, 15) is 4.79 Å². The van der Waals surface area contributed by atoms with Gasteiger partial charge in [-0.3, -0.25) is 9.59 Å². The first-order valence-corrected chi connectivity index (χ1v) is 4.56. The molecule has 2 unspecified atom stereocenters. The van der Waals surface area contributed by atoms with Gasteiger partial charge in [-0.05, 0) is 24.8 Å². The van der Waals surface area contributed by atoms with Crippen molar-refractivity contribution < 1.29 is 19.4 Å². The predicted octanol–water partition coefficient (Wildman–Crippen LogP) is -0.140. The van der Waals surface area contributed by atoms with Crippen molar-refractivity contribution in [3.05, 3.63) is 0 Å². The van der Waals surface area contributed by atoms with Gasteiger partial charge in [-0.2, -0.15) is 0 Å². The van der Waals surface area contributed by atoms with Gasteiger partial charge in [-0.15, -0.1) is 0 Å². The molecule has 1 aliphatic heterocycles. The van der Waals surface area contributed by atoms with Crippen LogP contribution in [0.1, 0.15) is 12.8 Å². The third-order valence-electron chi connectivity index (χ3n) is 2.95. The monoisotopic (exact) mass is 201 g/mol. The van der Waals surface area contributed by atoms with Crippen LogP contribution in [0.2, 0.25) is 0 Å². The Morgan fingerprint density at radius 1 is 1.71 bits per heavy atom. The van der Waals surface area contributed by atoms with Gasteiger partial charge in [0, 0.05) is 6.54 Å². The first kappa shape index (κ1) is 11.0. The number of carbonyl (C=O) groups is 2. The highest BCUT2D eigenvalue weighted by Crippen LogP contribution is 2.56. The Bertz CT molecular complexity index is 223. The molecule has 1 aliphatic carbocycles. The van der Waals surface area contributed by atoms with Gasteiger partial charge >= 0.3 is 5.97 Å². The quantitative estimate of drug-likeness (QED) is 0.456. The van der Waals surface area contributed by atoms with Gasteiger partial charge in [-0.25, -0.2) is 0 Å². The number of rotatable bonds is 1. The second-order valence-corrected chi connectivity index (χ2v) is 3.67. The van der Waals surface area contributed by atoms with Crippen LogP contribution >= 0.6 is 0 Å². The van der Waals surface area contributed by atoms with Crippen LogP contribution in [0.15, 0.2) is 0 Å². The van der Waals surface area contributed by atoms with E-state index >= 15 is 0 Å². The van der Waals surface area contributed by atoms with Crippen LogP contribution in [0.4, 0.5) is 0 Å². The van der Waals surface area contributed by atoms with Gasteiger partial charge in [0.25, 0.3) is 6.47 Å². The summed E-state index contributed by atoms with van der Waals surface area (Å²) in [6.07, 6.45) is 2.18. The average molecular weight is 201 g/mol. The van der Waals surface area contributed by atoms with Crippen molar-refractivity contribution in [3.8, 4) is 0 Å². The number of methoxy groups -OCH3 is 1. The molecule has 0 aromatic rings. The van der Waals surface area contributed by atoms with E-state index < -0.39 is 0 Å². The fourth-order valence-corrected chi connectivity index (χ4v) is 2.06. The molecule has 80 valence electrons. The number of esters is 1. The van der Waals surface area contributed by atoms with Crippen molar-refractivity contribution in [2.24, 2.45) is 11.3 Å². The number of carbonyl (C=O) groups excluding carboxylic acids is 1. The molecule has 2 N–H and O–H groups in total. The molecule has 2 fully saturated rings. The van der Waals surface area contributed by atoms with Crippen molar-refractivity contribution in [1.29, 1.82) is 0 Å². The Kier molecular flexibility index (Phi) is 3.46. The smallest absolute Gasteiger partial charge is 0.309 e. The number of carboxylic acid groups (broad SMARTS) is 1. The Morgan fingerprint density at radius 2 is 2.36 bits per heavy atom. The number of ether oxygens (including phenoxy) is 1. The largest absolute Gasteiger partial charge is 0.483 e. The lowest BCUT2D eigenvalue weighted by Crippen LogP contribution is -2.15. The maximum atomic E-state index is 11.1. The average Bonchev–Trinajstić information content (AvgIpc) is 2.65. The lowest BCUT2D eigenvalue weighted by atomic mass is 10.0. The van der Waals surface area contributed by atoms with Crippen LogP contribution in [0.5, 0.6) is 0 Å². The van der Waals surface area contributed by atoms with E-state index in [1.807, 2.05) is 0 Å². The summed E-state index contributed by atoms with van der Waals surface area (Å²) in [5.41, 5.74) is 0.299. The minimum atomic E-state index is -0.250. The second kappa shape index (κ2) is 4.41. The molecule has 0 bridgehead atoms. The summed E-state index contributed by atoms with van der Waals surface area (Å²) >= 11 is 0. The van der Waals surface area contributed by atoms with Crippen LogP contribution in [0.3, 0.4) is 0 Å². The zero-order chi connectivity index (χ0) is 10.6. The first-order chi connectivity index (χ1) is 6.70. The molecule has 1 saturated heterocycles.